The third-order valence-corrected chi connectivity index (χ3v) is 4.95. The molecule has 1 fully saturated rings. The first-order valence-corrected chi connectivity index (χ1v) is 8.28. The lowest BCUT2D eigenvalue weighted by molar-refractivity contribution is -0.131. The minimum Gasteiger partial charge on any atom is -0.343 e. The number of aryl methyl sites for hydroxylation is 2. The second-order valence-electron chi connectivity index (χ2n) is 5.56. The molecule has 0 aliphatic carbocycles. The molecule has 1 aromatic rings. The van der Waals surface area contributed by atoms with Crippen molar-refractivity contribution in [2.75, 3.05) is 18.8 Å². The molecular formula is C16H24N2OS. The fourth-order valence-corrected chi connectivity index (χ4v) is 3.30. The third kappa shape index (κ3) is 4.25. The van der Waals surface area contributed by atoms with Gasteiger partial charge in [-0.2, -0.15) is 0 Å². The highest BCUT2D eigenvalue weighted by Gasteiger charge is 2.19. The largest absolute Gasteiger partial charge is 0.343 e. The van der Waals surface area contributed by atoms with Crippen LogP contribution in [0.2, 0.25) is 0 Å². The van der Waals surface area contributed by atoms with Crippen LogP contribution in [-0.2, 0) is 4.79 Å². The molecule has 1 heterocycles. The van der Waals surface area contributed by atoms with Gasteiger partial charge in [-0.25, -0.2) is 0 Å². The van der Waals surface area contributed by atoms with Crippen LogP contribution in [-0.4, -0.2) is 35.7 Å². The molecule has 20 heavy (non-hydrogen) atoms. The molecule has 0 bridgehead atoms. The summed E-state index contributed by atoms with van der Waals surface area (Å²) in [6, 6.07) is 6.76. The van der Waals surface area contributed by atoms with E-state index in [1.807, 2.05) is 4.90 Å². The number of hydrogen-bond donors (Lipinski definition) is 1. The molecule has 0 saturated carbocycles. The molecule has 2 rings (SSSR count). The van der Waals surface area contributed by atoms with Crippen LogP contribution in [0.15, 0.2) is 23.1 Å². The smallest absolute Gasteiger partial charge is 0.223 e. The first-order valence-electron chi connectivity index (χ1n) is 7.29. The number of hydrogen-bond acceptors (Lipinski definition) is 3. The summed E-state index contributed by atoms with van der Waals surface area (Å²) in [5.74, 6) is 1.12. The number of amides is 1. The summed E-state index contributed by atoms with van der Waals surface area (Å²) in [6.45, 7) is 5.90. The van der Waals surface area contributed by atoms with Crippen LogP contribution in [0.5, 0.6) is 0 Å². The highest BCUT2D eigenvalue weighted by atomic mass is 32.2. The van der Waals surface area contributed by atoms with Crippen LogP contribution in [0.4, 0.5) is 0 Å². The van der Waals surface area contributed by atoms with Gasteiger partial charge in [0.05, 0.1) is 0 Å². The first-order chi connectivity index (χ1) is 9.56. The molecule has 0 unspecified atom stereocenters. The SMILES string of the molecule is Cc1ccc(SCCC(=O)N2CCC(N)CC2)cc1C. The molecule has 4 heteroatoms. The quantitative estimate of drug-likeness (QED) is 0.868. The minimum absolute atomic E-state index is 0.272. The van der Waals surface area contributed by atoms with Crippen LogP contribution >= 0.6 is 11.8 Å². The van der Waals surface area contributed by atoms with E-state index < -0.39 is 0 Å². The van der Waals surface area contributed by atoms with E-state index >= 15 is 0 Å². The van der Waals surface area contributed by atoms with Gasteiger partial charge in [0.2, 0.25) is 5.91 Å². The Labute approximate surface area is 125 Å². The van der Waals surface area contributed by atoms with Gasteiger partial charge in [0.25, 0.3) is 0 Å². The molecule has 0 radical (unpaired) electrons. The zero-order valence-electron chi connectivity index (χ0n) is 12.4. The van der Waals surface area contributed by atoms with Crippen molar-refractivity contribution in [3.05, 3.63) is 29.3 Å². The summed E-state index contributed by atoms with van der Waals surface area (Å²) >= 11 is 1.76. The Morgan fingerprint density at radius 2 is 2.00 bits per heavy atom. The molecule has 0 spiro atoms. The predicted molar refractivity (Wildman–Crippen MR) is 85.0 cm³/mol. The fourth-order valence-electron chi connectivity index (χ4n) is 2.37. The molecule has 0 atom stereocenters. The molecule has 1 aliphatic rings. The Morgan fingerprint density at radius 3 is 2.65 bits per heavy atom. The van der Waals surface area contributed by atoms with E-state index in [-0.39, 0.29) is 11.9 Å². The topological polar surface area (TPSA) is 46.3 Å². The first kappa shape index (κ1) is 15.4. The number of thioether (sulfide) groups is 1. The molecule has 3 nitrogen and oxygen atoms in total. The average molecular weight is 292 g/mol. The lowest BCUT2D eigenvalue weighted by atomic mass is 10.1. The van der Waals surface area contributed by atoms with E-state index in [4.69, 9.17) is 5.73 Å². The van der Waals surface area contributed by atoms with Crippen LogP contribution in [0.1, 0.15) is 30.4 Å². The lowest BCUT2D eigenvalue weighted by Gasteiger charge is -2.30. The second-order valence-corrected chi connectivity index (χ2v) is 6.73. The third-order valence-electron chi connectivity index (χ3n) is 3.96. The summed E-state index contributed by atoms with van der Waals surface area (Å²) in [5.41, 5.74) is 8.48. The Balaban J connectivity index is 1.75. The maximum atomic E-state index is 12.1. The number of nitrogens with zero attached hydrogens (tertiary/aromatic N) is 1. The van der Waals surface area contributed by atoms with Crippen molar-refractivity contribution in [2.24, 2.45) is 5.73 Å². The van der Waals surface area contributed by atoms with Gasteiger partial charge >= 0.3 is 0 Å². The maximum Gasteiger partial charge on any atom is 0.223 e. The van der Waals surface area contributed by atoms with E-state index in [9.17, 15) is 4.79 Å². The van der Waals surface area contributed by atoms with Gasteiger partial charge < -0.3 is 10.6 Å². The normalized spacial score (nSPS) is 16.4. The van der Waals surface area contributed by atoms with E-state index in [0.29, 0.717) is 6.42 Å². The second kappa shape index (κ2) is 7.14. The zero-order valence-corrected chi connectivity index (χ0v) is 13.2. The fraction of sp³-hybridized carbons (Fsp3) is 0.562. The molecule has 110 valence electrons. The lowest BCUT2D eigenvalue weighted by Crippen LogP contribution is -2.42. The van der Waals surface area contributed by atoms with Crippen LogP contribution < -0.4 is 5.73 Å². The van der Waals surface area contributed by atoms with Gasteiger partial charge in [0.1, 0.15) is 0 Å². The van der Waals surface area contributed by atoms with Crippen LogP contribution in [0, 0.1) is 13.8 Å². The van der Waals surface area contributed by atoms with E-state index in [1.54, 1.807) is 11.8 Å². The molecule has 0 aromatic heterocycles. The van der Waals surface area contributed by atoms with Crippen LogP contribution in [0.3, 0.4) is 0 Å². The average Bonchev–Trinajstić information content (AvgIpc) is 2.43. The minimum atomic E-state index is 0.272. The van der Waals surface area contributed by atoms with Crippen LogP contribution in [0.25, 0.3) is 0 Å². The number of carbonyl (C=O) groups is 1. The van der Waals surface area contributed by atoms with Crippen molar-refractivity contribution >= 4 is 17.7 Å². The van der Waals surface area contributed by atoms with E-state index in [2.05, 4.69) is 32.0 Å². The Hall–Kier alpha value is -1.00. The molecule has 1 saturated heterocycles. The van der Waals surface area contributed by atoms with Crippen molar-refractivity contribution in [3.8, 4) is 0 Å². The number of likely N-dealkylation sites (tertiary alicyclic amines) is 1. The monoisotopic (exact) mass is 292 g/mol. The molecule has 1 aliphatic heterocycles. The number of nitrogens with two attached hydrogens (primary N) is 1. The Morgan fingerprint density at radius 1 is 1.30 bits per heavy atom. The predicted octanol–water partition coefficient (Wildman–Crippen LogP) is 2.74. The number of carbonyl (C=O) groups excluding carboxylic acids is 1. The molecule has 1 aromatic carbocycles. The van der Waals surface area contributed by atoms with E-state index in [0.717, 1.165) is 31.7 Å². The van der Waals surface area contributed by atoms with Gasteiger partial charge in [-0.15, -0.1) is 11.8 Å². The van der Waals surface area contributed by atoms with Gasteiger partial charge in [-0.3, -0.25) is 4.79 Å². The Bertz CT molecular complexity index is 468. The summed E-state index contributed by atoms with van der Waals surface area (Å²) in [4.78, 5) is 15.3. The van der Waals surface area contributed by atoms with Crippen molar-refractivity contribution in [1.82, 2.24) is 4.90 Å². The van der Waals surface area contributed by atoms with Crippen molar-refractivity contribution < 1.29 is 4.79 Å². The summed E-state index contributed by atoms with van der Waals surface area (Å²) in [5, 5.41) is 0. The van der Waals surface area contributed by atoms with Gasteiger partial charge in [-0.05, 0) is 49.9 Å². The van der Waals surface area contributed by atoms with E-state index in [1.165, 1.54) is 16.0 Å². The molecular weight excluding hydrogens is 268 g/mol. The Kier molecular flexibility index (Phi) is 5.49. The highest BCUT2D eigenvalue weighted by molar-refractivity contribution is 7.99. The summed E-state index contributed by atoms with van der Waals surface area (Å²) in [7, 11) is 0. The standard InChI is InChI=1S/C16H24N2OS/c1-12-3-4-15(11-13(12)2)20-10-7-16(19)18-8-5-14(17)6-9-18/h3-4,11,14H,5-10,17H2,1-2H3. The van der Waals surface area contributed by atoms with Crippen molar-refractivity contribution in [2.45, 2.75) is 44.0 Å². The van der Waals surface area contributed by atoms with Gasteiger partial charge in [0.15, 0.2) is 0 Å². The van der Waals surface area contributed by atoms with Gasteiger partial charge in [0, 0.05) is 36.2 Å². The number of rotatable bonds is 4. The van der Waals surface area contributed by atoms with Crippen molar-refractivity contribution in [1.29, 1.82) is 0 Å². The van der Waals surface area contributed by atoms with Gasteiger partial charge in [-0.1, -0.05) is 6.07 Å². The summed E-state index contributed by atoms with van der Waals surface area (Å²) < 4.78 is 0. The number of benzene rings is 1. The number of piperidine rings is 1. The summed E-state index contributed by atoms with van der Waals surface area (Å²) in [6.07, 6.45) is 2.50. The molecule has 2 N–H and O–H groups in total. The molecule has 1 amide bonds. The zero-order chi connectivity index (χ0) is 14.5. The van der Waals surface area contributed by atoms with Crippen molar-refractivity contribution in [3.63, 3.8) is 0 Å². The maximum absolute atomic E-state index is 12.1. The highest BCUT2D eigenvalue weighted by Crippen LogP contribution is 2.22.